The summed E-state index contributed by atoms with van der Waals surface area (Å²) in [5.74, 6) is -0.0970. The molecule has 4 heteroatoms. The van der Waals surface area contributed by atoms with Gasteiger partial charge in [0, 0.05) is 16.4 Å². The average Bonchev–Trinajstić information content (AvgIpc) is 2.54. The number of nitrogens with one attached hydrogen (secondary N) is 2. The summed E-state index contributed by atoms with van der Waals surface area (Å²) < 4.78 is 0. The lowest BCUT2D eigenvalue weighted by Crippen LogP contribution is -2.31. The number of carbonyl (C=O) groups excluding carboxylic acids is 1. The smallest absolute Gasteiger partial charge is 0.246 e. The van der Waals surface area contributed by atoms with Gasteiger partial charge in [0.25, 0.3) is 0 Å². The fourth-order valence-electron chi connectivity index (χ4n) is 2.41. The fourth-order valence-corrected chi connectivity index (χ4v) is 2.60. The molecular weight excluding hydrogens is 308 g/mol. The number of rotatable bonds is 4. The highest BCUT2D eigenvalue weighted by molar-refractivity contribution is 6.30. The van der Waals surface area contributed by atoms with E-state index in [2.05, 4.69) is 10.6 Å². The van der Waals surface area contributed by atoms with Crippen molar-refractivity contribution in [3.63, 3.8) is 0 Å². The first-order valence-corrected chi connectivity index (χ1v) is 7.81. The van der Waals surface area contributed by atoms with Crippen LogP contribution >= 0.6 is 11.6 Å². The van der Waals surface area contributed by atoms with Gasteiger partial charge in [-0.25, -0.2) is 0 Å². The molecule has 0 aliphatic carbocycles. The Morgan fingerprint density at radius 2 is 1.70 bits per heavy atom. The molecule has 0 fully saturated rings. The number of benzene rings is 3. The lowest BCUT2D eigenvalue weighted by atomic mass is 10.1. The maximum absolute atomic E-state index is 12.3. The molecule has 116 valence electrons. The summed E-state index contributed by atoms with van der Waals surface area (Å²) in [6.45, 7) is 1.82. The van der Waals surface area contributed by atoms with Crippen LogP contribution in [0.15, 0.2) is 66.7 Å². The summed E-state index contributed by atoms with van der Waals surface area (Å²) in [5.41, 5.74) is 1.60. The summed E-state index contributed by atoms with van der Waals surface area (Å²) in [5, 5.41) is 8.96. The third-order valence-corrected chi connectivity index (χ3v) is 3.85. The summed E-state index contributed by atoms with van der Waals surface area (Å²) in [4.78, 5) is 12.3. The van der Waals surface area contributed by atoms with Crippen LogP contribution in [0.2, 0.25) is 5.02 Å². The van der Waals surface area contributed by atoms with Crippen LogP contribution in [0.1, 0.15) is 6.92 Å². The number of fused-ring (bicyclic) bond motifs is 1. The second kappa shape index (κ2) is 6.71. The van der Waals surface area contributed by atoms with E-state index in [1.165, 1.54) is 0 Å². The molecule has 0 aliphatic rings. The van der Waals surface area contributed by atoms with E-state index in [1.54, 1.807) is 12.1 Å². The lowest BCUT2D eigenvalue weighted by Gasteiger charge is -2.15. The Hall–Kier alpha value is -2.52. The van der Waals surface area contributed by atoms with Gasteiger partial charge >= 0.3 is 0 Å². The molecular formula is C19H17ClN2O. The van der Waals surface area contributed by atoms with E-state index < -0.39 is 0 Å². The SMILES string of the molecule is CC(Nc1cccc(Cl)c1)C(=O)Nc1ccc2ccccc2c1. The van der Waals surface area contributed by atoms with Crippen LogP contribution in [0.25, 0.3) is 10.8 Å². The van der Waals surface area contributed by atoms with Crippen LogP contribution in [0.3, 0.4) is 0 Å². The predicted octanol–water partition coefficient (Wildman–Crippen LogP) is 4.93. The Kier molecular flexibility index (Phi) is 4.49. The Balaban J connectivity index is 1.69. The van der Waals surface area contributed by atoms with Gasteiger partial charge in [-0.3, -0.25) is 4.79 Å². The van der Waals surface area contributed by atoms with Crippen molar-refractivity contribution in [2.45, 2.75) is 13.0 Å². The van der Waals surface area contributed by atoms with E-state index in [1.807, 2.05) is 61.5 Å². The van der Waals surface area contributed by atoms with Crippen LogP contribution in [0, 0.1) is 0 Å². The van der Waals surface area contributed by atoms with E-state index in [9.17, 15) is 4.79 Å². The summed E-state index contributed by atoms with van der Waals surface area (Å²) >= 11 is 5.95. The van der Waals surface area contributed by atoms with Crippen LogP contribution in [-0.4, -0.2) is 11.9 Å². The number of hydrogen-bond acceptors (Lipinski definition) is 2. The molecule has 2 N–H and O–H groups in total. The minimum atomic E-state index is -0.375. The Bertz CT molecular complexity index is 847. The Morgan fingerprint density at radius 3 is 2.48 bits per heavy atom. The third kappa shape index (κ3) is 3.82. The minimum Gasteiger partial charge on any atom is -0.374 e. The van der Waals surface area contributed by atoms with E-state index in [0.29, 0.717) is 5.02 Å². The van der Waals surface area contributed by atoms with Crippen molar-refractivity contribution in [1.82, 2.24) is 0 Å². The second-order valence-electron chi connectivity index (χ2n) is 5.43. The molecule has 0 aliphatic heterocycles. The molecule has 0 aromatic heterocycles. The normalized spacial score (nSPS) is 11.9. The Morgan fingerprint density at radius 1 is 0.913 bits per heavy atom. The zero-order valence-electron chi connectivity index (χ0n) is 12.7. The number of halogens is 1. The van der Waals surface area contributed by atoms with Crippen LogP contribution in [0.4, 0.5) is 11.4 Å². The highest BCUT2D eigenvalue weighted by Crippen LogP contribution is 2.20. The van der Waals surface area contributed by atoms with Gasteiger partial charge < -0.3 is 10.6 Å². The van der Waals surface area contributed by atoms with E-state index in [4.69, 9.17) is 11.6 Å². The molecule has 0 saturated carbocycles. The molecule has 1 atom stereocenters. The standard InChI is InChI=1S/C19H17ClN2O/c1-13(21-17-8-4-7-16(20)12-17)19(23)22-18-10-9-14-5-2-3-6-15(14)11-18/h2-13,21H,1H3,(H,22,23). The zero-order valence-corrected chi connectivity index (χ0v) is 13.5. The number of amides is 1. The third-order valence-electron chi connectivity index (χ3n) is 3.62. The maximum Gasteiger partial charge on any atom is 0.246 e. The monoisotopic (exact) mass is 324 g/mol. The maximum atomic E-state index is 12.3. The van der Waals surface area contributed by atoms with E-state index in [0.717, 1.165) is 22.1 Å². The first-order valence-electron chi connectivity index (χ1n) is 7.43. The van der Waals surface area contributed by atoms with Crippen molar-refractivity contribution in [2.75, 3.05) is 10.6 Å². The molecule has 3 aromatic rings. The number of anilines is 2. The van der Waals surface area contributed by atoms with Crippen LogP contribution < -0.4 is 10.6 Å². The van der Waals surface area contributed by atoms with Crippen LogP contribution in [0.5, 0.6) is 0 Å². The van der Waals surface area contributed by atoms with Crippen molar-refractivity contribution in [2.24, 2.45) is 0 Å². The van der Waals surface area contributed by atoms with Gasteiger partial charge in [-0.05, 0) is 48.0 Å². The minimum absolute atomic E-state index is 0.0970. The quantitative estimate of drug-likeness (QED) is 0.714. The molecule has 0 heterocycles. The molecule has 0 saturated heterocycles. The molecule has 1 amide bonds. The van der Waals surface area contributed by atoms with Gasteiger partial charge in [-0.15, -0.1) is 0 Å². The van der Waals surface area contributed by atoms with Crippen molar-refractivity contribution in [3.8, 4) is 0 Å². The van der Waals surface area contributed by atoms with Crippen LogP contribution in [-0.2, 0) is 4.79 Å². The molecule has 0 spiro atoms. The van der Waals surface area contributed by atoms with Crippen molar-refractivity contribution < 1.29 is 4.79 Å². The van der Waals surface area contributed by atoms with Gasteiger partial charge in [0.05, 0.1) is 0 Å². The first-order chi connectivity index (χ1) is 11.1. The van der Waals surface area contributed by atoms with Gasteiger partial charge in [0.2, 0.25) is 5.91 Å². The van der Waals surface area contributed by atoms with Gasteiger partial charge in [-0.2, -0.15) is 0 Å². The molecule has 3 aromatic carbocycles. The molecule has 0 radical (unpaired) electrons. The summed E-state index contributed by atoms with van der Waals surface area (Å²) in [6.07, 6.45) is 0. The topological polar surface area (TPSA) is 41.1 Å². The van der Waals surface area contributed by atoms with Crippen molar-refractivity contribution in [3.05, 3.63) is 71.8 Å². The van der Waals surface area contributed by atoms with Gasteiger partial charge in [0.15, 0.2) is 0 Å². The number of hydrogen-bond donors (Lipinski definition) is 2. The van der Waals surface area contributed by atoms with Crippen molar-refractivity contribution in [1.29, 1.82) is 0 Å². The molecule has 3 rings (SSSR count). The molecule has 3 nitrogen and oxygen atoms in total. The largest absolute Gasteiger partial charge is 0.374 e. The summed E-state index contributed by atoms with van der Waals surface area (Å²) in [6, 6.07) is 20.9. The van der Waals surface area contributed by atoms with Gasteiger partial charge in [-0.1, -0.05) is 48.0 Å². The first kappa shape index (κ1) is 15.4. The lowest BCUT2D eigenvalue weighted by molar-refractivity contribution is -0.116. The average molecular weight is 325 g/mol. The van der Waals surface area contributed by atoms with E-state index >= 15 is 0 Å². The fraction of sp³-hybridized carbons (Fsp3) is 0.105. The highest BCUT2D eigenvalue weighted by atomic mass is 35.5. The zero-order chi connectivity index (χ0) is 16.2. The Labute approximate surface area is 140 Å². The predicted molar refractivity (Wildman–Crippen MR) is 97.1 cm³/mol. The van der Waals surface area contributed by atoms with Crippen molar-refractivity contribution >= 4 is 39.7 Å². The van der Waals surface area contributed by atoms with Gasteiger partial charge in [0.1, 0.15) is 6.04 Å². The highest BCUT2D eigenvalue weighted by Gasteiger charge is 2.13. The number of carbonyl (C=O) groups is 1. The summed E-state index contributed by atoms with van der Waals surface area (Å²) in [7, 11) is 0. The molecule has 0 bridgehead atoms. The molecule has 23 heavy (non-hydrogen) atoms. The second-order valence-corrected chi connectivity index (χ2v) is 5.86. The van der Waals surface area contributed by atoms with E-state index in [-0.39, 0.29) is 11.9 Å². The molecule has 1 unspecified atom stereocenters.